The summed E-state index contributed by atoms with van der Waals surface area (Å²) < 4.78 is 1.78. The van der Waals surface area contributed by atoms with Gasteiger partial charge in [-0.3, -0.25) is 4.68 Å². The van der Waals surface area contributed by atoms with Gasteiger partial charge in [-0.05, 0) is 26.0 Å². The summed E-state index contributed by atoms with van der Waals surface area (Å²) >= 11 is 0. The molecule has 2 aromatic rings. The second-order valence-corrected chi connectivity index (χ2v) is 4.30. The highest BCUT2D eigenvalue weighted by Crippen LogP contribution is 2.07. The normalized spacial score (nSPS) is 12.1. The van der Waals surface area contributed by atoms with E-state index >= 15 is 0 Å². The number of hydrogen-bond acceptors (Lipinski definition) is 5. The number of carboxylic acids is 1. The number of rotatable bonds is 5. The van der Waals surface area contributed by atoms with Crippen LogP contribution in [0.5, 0.6) is 0 Å². The van der Waals surface area contributed by atoms with Crippen molar-refractivity contribution in [3.05, 3.63) is 35.9 Å². The number of aromatic carboxylic acids is 1. The minimum Gasteiger partial charge on any atom is -0.477 e. The van der Waals surface area contributed by atoms with Crippen LogP contribution >= 0.6 is 0 Å². The van der Waals surface area contributed by atoms with Crippen molar-refractivity contribution in [3.8, 4) is 0 Å². The van der Waals surface area contributed by atoms with Gasteiger partial charge in [-0.1, -0.05) is 0 Å². The lowest BCUT2D eigenvalue weighted by Crippen LogP contribution is -2.24. The molecule has 0 fully saturated rings. The molecule has 0 amide bonds. The smallest absolute Gasteiger partial charge is 0.354 e. The average molecular weight is 261 g/mol. The molecule has 0 spiro atoms. The molecule has 0 radical (unpaired) electrons. The predicted molar refractivity (Wildman–Crippen MR) is 69.0 cm³/mol. The number of carbonyl (C=O) groups is 1. The maximum atomic E-state index is 10.9. The summed E-state index contributed by atoms with van der Waals surface area (Å²) in [4.78, 5) is 19.0. The van der Waals surface area contributed by atoms with Crippen LogP contribution in [-0.4, -0.2) is 36.9 Å². The van der Waals surface area contributed by atoms with Gasteiger partial charge in [0, 0.05) is 24.1 Å². The van der Waals surface area contributed by atoms with E-state index in [0.29, 0.717) is 18.2 Å². The van der Waals surface area contributed by atoms with Gasteiger partial charge in [0.15, 0.2) is 5.69 Å². The fourth-order valence-corrected chi connectivity index (χ4v) is 1.70. The molecule has 0 aliphatic carbocycles. The molecule has 2 heterocycles. The first-order chi connectivity index (χ1) is 9.04. The highest BCUT2D eigenvalue weighted by Gasteiger charge is 2.10. The largest absolute Gasteiger partial charge is 0.477 e. The van der Waals surface area contributed by atoms with Crippen molar-refractivity contribution in [3.63, 3.8) is 0 Å². The van der Waals surface area contributed by atoms with E-state index in [9.17, 15) is 4.79 Å². The van der Waals surface area contributed by atoms with E-state index in [2.05, 4.69) is 20.4 Å². The third-order valence-corrected chi connectivity index (χ3v) is 2.47. The fourth-order valence-electron chi connectivity index (χ4n) is 1.70. The maximum absolute atomic E-state index is 10.9. The SMILES string of the molecule is Cc1cc(C(=O)O)nc(NC(C)Cn2cccn2)n1. The van der Waals surface area contributed by atoms with Crippen LogP contribution in [-0.2, 0) is 6.54 Å². The van der Waals surface area contributed by atoms with Crippen LogP contribution in [0.15, 0.2) is 24.5 Å². The van der Waals surface area contributed by atoms with E-state index in [1.54, 1.807) is 17.8 Å². The van der Waals surface area contributed by atoms with Crippen molar-refractivity contribution in [1.29, 1.82) is 0 Å². The molecule has 19 heavy (non-hydrogen) atoms. The Morgan fingerprint density at radius 3 is 2.95 bits per heavy atom. The van der Waals surface area contributed by atoms with Crippen molar-refractivity contribution in [1.82, 2.24) is 19.7 Å². The van der Waals surface area contributed by atoms with Crippen LogP contribution in [0.1, 0.15) is 23.1 Å². The molecule has 2 aromatic heterocycles. The topological polar surface area (TPSA) is 92.9 Å². The molecule has 1 atom stereocenters. The van der Waals surface area contributed by atoms with Gasteiger partial charge in [0.1, 0.15) is 0 Å². The lowest BCUT2D eigenvalue weighted by molar-refractivity contribution is 0.0690. The molecule has 7 heteroatoms. The first kappa shape index (κ1) is 13.0. The zero-order valence-electron chi connectivity index (χ0n) is 10.7. The number of anilines is 1. The number of hydrogen-bond donors (Lipinski definition) is 2. The van der Waals surface area contributed by atoms with Crippen molar-refractivity contribution >= 4 is 11.9 Å². The predicted octanol–water partition coefficient (Wildman–Crippen LogP) is 1.18. The zero-order valence-corrected chi connectivity index (χ0v) is 10.7. The number of aromatic nitrogens is 4. The van der Waals surface area contributed by atoms with Gasteiger partial charge in [0.25, 0.3) is 0 Å². The van der Waals surface area contributed by atoms with Crippen molar-refractivity contribution in [2.45, 2.75) is 26.4 Å². The van der Waals surface area contributed by atoms with Gasteiger partial charge in [-0.15, -0.1) is 0 Å². The van der Waals surface area contributed by atoms with Gasteiger partial charge >= 0.3 is 5.97 Å². The summed E-state index contributed by atoms with van der Waals surface area (Å²) in [5, 5.41) is 16.1. The Kier molecular flexibility index (Phi) is 3.74. The molecule has 7 nitrogen and oxygen atoms in total. The molecule has 0 saturated heterocycles. The first-order valence-corrected chi connectivity index (χ1v) is 5.87. The third-order valence-electron chi connectivity index (χ3n) is 2.47. The summed E-state index contributed by atoms with van der Waals surface area (Å²) in [5.41, 5.74) is 0.600. The summed E-state index contributed by atoms with van der Waals surface area (Å²) in [6.45, 7) is 4.33. The molecule has 2 rings (SSSR count). The maximum Gasteiger partial charge on any atom is 0.354 e. The molecule has 1 unspecified atom stereocenters. The van der Waals surface area contributed by atoms with E-state index < -0.39 is 5.97 Å². The lowest BCUT2D eigenvalue weighted by atomic mass is 10.3. The summed E-state index contributed by atoms with van der Waals surface area (Å²) in [5.74, 6) is -0.745. The van der Waals surface area contributed by atoms with Gasteiger partial charge < -0.3 is 10.4 Å². The Morgan fingerprint density at radius 2 is 2.32 bits per heavy atom. The standard InChI is InChI=1S/C12H15N5O2/c1-8-6-10(11(18)19)16-12(14-8)15-9(2)7-17-5-3-4-13-17/h3-6,9H,7H2,1-2H3,(H,18,19)(H,14,15,16). The monoisotopic (exact) mass is 261 g/mol. The Hall–Kier alpha value is -2.44. The van der Waals surface area contributed by atoms with E-state index in [4.69, 9.17) is 5.11 Å². The Labute approximate surface area is 110 Å². The second-order valence-electron chi connectivity index (χ2n) is 4.30. The average Bonchev–Trinajstić information content (AvgIpc) is 2.80. The van der Waals surface area contributed by atoms with Gasteiger partial charge in [0.2, 0.25) is 5.95 Å². The summed E-state index contributed by atoms with van der Waals surface area (Å²) in [6.07, 6.45) is 3.57. The van der Waals surface area contributed by atoms with Crippen LogP contribution < -0.4 is 5.32 Å². The Balaban J connectivity index is 2.08. The molecule has 2 N–H and O–H groups in total. The van der Waals surface area contributed by atoms with Gasteiger partial charge in [0.05, 0.1) is 6.54 Å². The fraction of sp³-hybridized carbons (Fsp3) is 0.333. The Morgan fingerprint density at radius 1 is 1.53 bits per heavy atom. The van der Waals surface area contributed by atoms with Crippen LogP contribution in [0.2, 0.25) is 0 Å². The van der Waals surface area contributed by atoms with Crippen LogP contribution in [0.25, 0.3) is 0 Å². The first-order valence-electron chi connectivity index (χ1n) is 5.87. The van der Waals surface area contributed by atoms with E-state index in [1.165, 1.54) is 6.07 Å². The molecular weight excluding hydrogens is 246 g/mol. The number of nitrogens with zero attached hydrogens (tertiary/aromatic N) is 4. The second kappa shape index (κ2) is 5.47. The summed E-state index contributed by atoms with van der Waals surface area (Å²) in [7, 11) is 0. The lowest BCUT2D eigenvalue weighted by Gasteiger charge is -2.14. The molecule has 100 valence electrons. The number of aryl methyl sites for hydroxylation is 1. The molecule has 0 bridgehead atoms. The highest BCUT2D eigenvalue weighted by atomic mass is 16.4. The minimum absolute atomic E-state index is 0.0127. The third kappa shape index (κ3) is 3.51. The van der Waals surface area contributed by atoms with Crippen LogP contribution in [0.3, 0.4) is 0 Å². The molecule has 0 saturated carbocycles. The van der Waals surface area contributed by atoms with Gasteiger partial charge in [-0.2, -0.15) is 5.10 Å². The minimum atomic E-state index is -1.06. The van der Waals surface area contributed by atoms with Crippen LogP contribution in [0.4, 0.5) is 5.95 Å². The van der Waals surface area contributed by atoms with Crippen LogP contribution in [0, 0.1) is 6.92 Å². The van der Waals surface area contributed by atoms with E-state index in [1.807, 2.05) is 19.2 Å². The summed E-state index contributed by atoms with van der Waals surface area (Å²) in [6, 6.07) is 3.31. The Bertz CT molecular complexity index is 568. The van der Waals surface area contributed by atoms with Crippen molar-refractivity contribution in [2.75, 3.05) is 5.32 Å². The molecular formula is C12H15N5O2. The van der Waals surface area contributed by atoms with E-state index in [0.717, 1.165) is 0 Å². The van der Waals surface area contributed by atoms with Gasteiger partial charge in [-0.25, -0.2) is 14.8 Å². The molecule has 0 aromatic carbocycles. The van der Waals surface area contributed by atoms with Crippen molar-refractivity contribution in [2.24, 2.45) is 0 Å². The number of nitrogens with one attached hydrogen (secondary N) is 1. The molecule has 0 aliphatic heterocycles. The quantitative estimate of drug-likeness (QED) is 0.839. The highest BCUT2D eigenvalue weighted by molar-refractivity contribution is 5.85. The van der Waals surface area contributed by atoms with E-state index in [-0.39, 0.29) is 11.7 Å². The molecule has 0 aliphatic rings. The number of carboxylic acid groups (broad SMARTS) is 1. The zero-order chi connectivity index (χ0) is 13.8. The van der Waals surface area contributed by atoms with Crippen molar-refractivity contribution < 1.29 is 9.90 Å².